The van der Waals surface area contributed by atoms with E-state index in [9.17, 15) is 9.59 Å². The van der Waals surface area contributed by atoms with Crippen molar-refractivity contribution in [2.45, 2.75) is 39.5 Å². The molecule has 0 spiro atoms. The first-order valence-corrected chi connectivity index (χ1v) is 11.3. The Hall–Kier alpha value is 0.690. The quantitative estimate of drug-likeness (QED) is 0.356. The van der Waals surface area contributed by atoms with Crippen LogP contribution in [0.25, 0.3) is 0 Å². The van der Waals surface area contributed by atoms with Crippen molar-refractivity contribution in [3.8, 4) is 0 Å². The molecule has 0 saturated heterocycles. The highest BCUT2D eigenvalue weighted by atomic mass is 33.8. The van der Waals surface area contributed by atoms with Crippen molar-refractivity contribution >= 4 is 63.3 Å². The minimum absolute atomic E-state index is 0.0551. The van der Waals surface area contributed by atoms with E-state index in [1.807, 2.05) is 13.8 Å². The van der Waals surface area contributed by atoms with E-state index in [1.165, 1.54) is 51.4 Å². The summed E-state index contributed by atoms with van der Waals surface area (Å²) in [6.07, 6.45) is 2.84. The fourth-order valence-corrected chi connectivity index (χ4v) is 7.52. The number of carbonyl (C=O) groups excluding carboxylic acids is 2. The van der Waals surface area contributed by atoms with Crippen molar-refractivity contribution in [3.63, 3.8) is 0 Å². The Morgan fingerprint density at radius 3 is 1.59 bits per heavy atom. The molecule has 0 fully saturated rings. The van der Waals surface area contributed by atoms with Crippen LogP contribution < -0.4 is 9.44 Å². The van der Waals surface area contributed by atoms with Crippen LogP contribution in [0.1, 0.15) is 39.5 Å². The number of carbonyl (C=O) groups is 2. The van der Waals surface area contributed by atoms with Crippen molar-refractivity contribution < 1.29 is 9.59 Å². The van der Waals surface area contributed by atoms with Gasteiger partial charge in [0.15, 0.2) is 0 Å². The van der Waals surface area contributed by atoms with Crippen LogP contribution in [0.5, 0.6) is 0 Å². The van der Waals surface area contributed by atoms with E-state index in [0.29, 0.717) is 12.8 Å². The Morgan fingerprint density at radius 1 is 0.824 bits per heavy atom. The molecule has 0 unspecified atom stereocenters. The van der Waals surface area contributed by atoms with Gasteiger partial charge in [0, 0.05) is 64.3 Å². The van der Waals surface area contributed by atoms with Gasteiger partial charge in [-0.2, -0.15) is 0 Å². The second-order valence-electron chi connectivity index (χ2n) is 2.92. The fourth-order valence-electron chi connectivity index (χ4n) is 0.722. The summed E-state index contributed by atoms with van der Waals surface area (Å²) in [4.78, 5) is 22.1. The predicted molar refractivity (Wildman–Crippen MR) is 84.1 cm³/mol. The van der Waals surface area contributed by atoms with Crippen LogP contribution in [0, 0.1) is 0 Å². The molecule has 4 nitrogen and oxygen atoms in total. The summed E-state index contributed by atoms with van der Waals surface area (Å²) in [6, 6.07) is 0. The van der Waals surface area contributed by atoms with Crippen LogP contribution in [0.15, 0.2) is 0 Å². The minimum Gasteiger partial charge on any atom is -0.290 e. The number of hydrogen-bond donors (Lipinski definition) is 2. The molecule has 9 heteroatoms. The van der Waals surface area contributed by atoms with Gasteiger partial charge in [-0.25, -0.2) is 0 Å². The molecule has 17 heavy (non-hydrogen) atoms. The molecule has 0 aliphatic rings. The lowest BCUT2D eigenvalue weighted by Gasteiger charge is -2.02. The Morgan fingerprint density at radius 2 is 1.24 bits per heavy atom. The Bertz CT molecular complexity index is 208. The topological polar surface area (TPSA) is 58.2 Å². The maximum atomic E-state index is 11.1. The van der Waals surface area contributed by atoms with E-state index in [0.717, 1.165) is 12.8 Å². The standard InChI is InChI=1S/C8H16N2O2S5/c1-3-5-7(11)9-13-15-17-16-14-10-8(12)6-4-2/h3-6H2,1-2H3,(H,9,11)(H,10,12). The molecule has 0 aromatic rings. The molecule has 0 rings (SSSR count). The van der Waals surface area contributed by atoms with E-state index in [-0.39, 0.29) is 11.8 Å². The lowest BCUT2D eigenvalue weighted by Crippen LogP contribution is -2.13. The zero-order chi connectivity index (χ0) is 12.9. The number of rotatable bonds is 10. The summed E-state index contributed by atoms with van der Waals surface area (Å²) in [6.45, 7) is 3.94. The highest BCUT2D eigenvalue weighted by Crippen LogP contribution is 2.46. The SMILES string of the molecule is CCCC(=O)NSSSSSNC(=O)CCC. The Labute approximate surface area is 121 Å². The van der Waals surface area contributed by atoms with E-state index < -0.39 is 0 Å². The highest BCUT2D eigenvalue weighted by molar-refractivity contribution is 9.35. The first kappa shape index (κ1) is 17.7. The number of amides is 2. The van der Waals surface area contributed by atoms with Gasteiger partial charge in [-0.3, -0.25) is 19.0 Å². The van der Waals surface area contributed by atoms with Gasteiger partial charge in [0.25, 0.3) is 0 Å². The molecule has 0 aromatic heterocycles. The lowest BCUT2D eigenvalue weighted by atomic mass is 10.3. The van der Waals surface area contributed by atoms with Crippen molar-refractivity contribution in [1.29, 1.82) is 0 Å². The molecular formula is C8H16N2O2S5. The first-order valence-electron chi connectivity index (χ1n) is 5.10. The van der Waals surface area contributed by atoms with Crippen LogP contribution >= 0.6 is 51.4 Å². The van der Waals surface area contributed by atoms with Gasteiger partial charge < -0.3 is 0 Å². The van der Waals surface area contributed by atoms with Gasteiger partial charge in [-0.05, 0) is 12.8 Å². The summed E-state index contributed by atoms with van der Waals surface area (Å²) < 4.78 is 5.43. The van der Waals surface area contributed by atoms with Gasteiger partial charge in [0.05, 0.1) is 0 Å². The van der Waals surface area contributed by atoms with Gasteiger partial charge in [-0.15, -0.1) is 0 Å². The molecule has 0 aromatic carbocycles. The van der Waals surface area contributed by atoms with Crippen LogP contribution in [0.2, 0.25) is 0 Å². The molecule has 2 N–H and O–H groups in total. The van der Waals surface area contributed by atoms with Gasteiger partial charge >= 0.3 is 0 Å². The first-order chi connectivity index (χ1) is 8.20. The summed E-state index contributed by atoms with van der Waals surface area (Å²) in [7, 11) is 7.04. The maximum Gasteiger partial charge on any atom is 0.230 e. The third-order valence-corrected chi connectivity index (χ3v) is 8.72. The molecule has 2 amide bonds. The van der Waals surface area contributed by atoms with Crippen LogP contribution in [0.3, 0.4) is 0 Å². The average molecular weight is 333 g/mol. The monoisotopic (exact) mass is 332 g/mol. The highest BCUT2D eigenvalue weighted by Gasteiger charge is 2.01. The minimum atomic E-state index is 0.0551. The second kappa shape index (κ2) is 13.1. The number of hydrogen-bond acceptors (Lipinski definition) is 7. The van der Waals surface area contributed by atoms with E-state index in [2.05, 4.69) is 9.44 Å². The molecule has 0 aliphatic heterocycles. The Kier molecular flexibility index (Phi) is 13.7. The van der Waals surface area contributed by atoms with Crippen LogP contribution in [-0.4, -0.2) is 11.8 Å². The van der Waals surface area contributed by atoms with Crippen LogP contribution in [0.4, 0.5) is 0 Å². The van der Waals surface area contributed by atoms with Crippen molar-refractivity contribution in [1.82, 2.24) is 9.44 Å². The largest absolute Gasteiger partial charge is 0.290 e. The van der Waals surface area contributed by atoms with Gasteiger partial charge in [0.2, 0.25) is 11.8 Å². The van der Waals surface area contributed by atoms with Crippen molar-refractivity contribution in [2.75, 3.05) is 0 Å². The summed E-state index contributed by atoms with van der Waals surface area (Å²) in [5.74, 6) is 0.110. The zero-order valence-corrected chi connectivity index (χ0v) is 13.8. The third kappa shape index (κ3) is 12.9. The maximum absolute atomic E-state index is 11.1. The predicted octanol–water partition coefficient (Wildman–Crippen LogP) is 3.98. The van der Waals surface area contributed by atoms with Crippen molar-refractivity contribution in [2.24, 2.45) is 0 Å². The molecule has 0 atom stereocenters. The molecule has 0 bridgehead atoms. The smallest absolute Gasteiger partial charge is 0.230 e. The second-order valence-corrected chi connectivity index (χ2v) is 9.97. The van der Waals surface area contributed by atoms with Gasteiger partial charge in [-0.1, -0.05) is 13.8 Å². The van der Waals surface area contributed by atoms with E-state index in [4.69, 9.17) is 0 Å². The van der Waals surface area contributed by atoms with E-state index >= 15 is 0 Å². The molecule has 100 valence electrons. The normalized spacial score (nSPS) is 10.0. The van der Waals surface area contributed by atoms with Gasteiger partial charge in [0.1, 0.15) is 0 Å². The molecular weight excluding hydrogens is 316 g/mol. The summed E-state index contributed by atoms with van der Waals surface area (Å²) in [5, 5.41) is 0. The summed E-state index contributed by atoms with van der Waals surface area (Å²) >= 11 is 0. The third-order valence-electron chi connectivity index (χ3n) is 1.39. The molecule has 0 saturated carbocycles. The fraction of sp³-hybridized carbons (Fsp3) is 0.750. The van der Waals surface area contributed by atoms with Crippen molar-refractivity contribution in [3.05, 3.63) is 0 Å². The summed E-state index contributed by atoms with van der Waals surface area (Å²) in [5.41, 5.74) is 0. The number of nitrogens with one attached hydrogen (secondary N) is 2. The lowest BCUT2D eigenvalue weighted by molar-refractivity contribution is -0.120. The van der Waals surface area contributed by atoms with Crippen LogP contribution in [-0.2, 0) is 9.59 Å². The molecule has 0 radical (unpaired) electrons. The molecule has 0 aliphatic carbocycles. The molecule has 0 heterocycles. The van der Waals surface area contributed by atoms with E-state index in [1.54, 1.807) is 0 Å². The Balaban J connectivity index is 3.18. The zero-order valence-electron chi connectivity index (χ0n) is 9.69. The average Bonchev–Trinajstić information content (AvgIpc) is 2.28.